The first-order chi connectivity index (χ1) is 12.2. The van der Waals surface area contributed by atoms with Gasteiger partial charge in [-0.05, 0) is 39.7 Å². The third kappa shape index (κ3) is 8.37. The molecule has 0 saturated heterocycles. The molecule has 0 aliphatic rings. The first-order valence-corrected chi connectivity index (χ1v) is 9.47. The van der Waals surface area contributed by atoms with Crippen LogP contribution in [0.3, 0.4) is 0 Å². The van der Waals surface area contributed by atoms with Crippen LogP contribution in [-0.4, -0.2) is 28.7 Å². The van der Waals surface area contributed by atoms with Crippen LogP contribution in [0.1, 0.15) is 72.3 Å². The molecule has 0 N–H and O–H groups in total. The Bertz CT molecular complexity index is 551. The van der Waals surface area contributed by atoms with Gasteiger partial charge in [-0.25, -0.2) is 14.5 Å². The van der Waals surface area contributed by atoms with Crippen molar-refractivity contribution in [3.63, 3.8) is 0 Å². The number of ether oxygens (including phenoxy) is 2. The highest BCUT2D eigenvalue weighted by atomic mass is 16.6. The Morgan fingerprint density at radius 2 is 1.69 bits per heavy atom. The Labute approximate surface area is 157 Å². The number of amides is 2. The third-order valence-corrected chi connectivity index (χ3v) is 3.91. The van der Waals surface area contributed by atoms with Gasteiger partial charge in [0.1, 0.15) is 12.2 Å². The molecule has 1 aromatic carbocycles. The van der Waals surface area contributed by atoms with Crippen molar-refractivity contribution in [3.05, 3.63) is 35.9 Å². The molecule has 0 fully saturated rings. The highest BCUT2D eigenvalue weighted by Crippen LogP contribution is 2.17. The number of benzene rings is 1. The second-order valence-electron chi connectivity index (χ2n) is 7.59. The number of imide groups is 1. The van der Waals surface area contributed by atoms with Crippen molar-refractivity contribution in [1.82, 2.24) is 4.90 Å². The van der Waals surface area contributed by atoms with Gasteiger partial charge in [-0.1, -0.05) is 62.9 Å². The summed E-state index contributed by atoms with van der Waals surface area (Å²) in [5.74, 6) is 0. The summed E-state index contributed by atoms with van der Waals surface area (Å²) in [5, 5.41) is 0. The first kappa shape index (κ1) is 22.0. The standard InChI is InChI=1S/C21H33NO4/c1-6-7-8-10-13-17(2)22(20(24)26-21(3,4)5)19(23)25-16-18-14-11-9-12-15-18/h9,11-12,14-15,17H,6-8,10,13,16H2,1-5H3. The van der Waals surface area contributed by atoms with Crippen LogP contribution in [0.25, 0.3) is 0 Å². The summed E-state index contributed by atoms with van der Waals surface area (Å²) >= 11 is 0. The van der Waals surface area contributed by atoms with Gasteiger partial charge < -0.3 is 9.47 Å². The molecule has 5 nitrogen and oxygen atoms in total. The zero-order chi connectivity index (χ0) is 19.6. The summed E-state index contributed by atoms with van der Waals surface area (Å²) in [6, 6.07) is 9.14. The van der Waals surface area contributed by atoms with E-state index in [-0.39, 0.29) is 12.6 Å². The molecule has 0 aliphatic carbocycles. The molecule has 1 unspecified atom stereocenters. The smallest absolute Gasteiger partial charge is 0.420 e. The highest BCUT2D eigenvalue weighted by Gasteiger charge is 2.32. The molecule has 0 aliphatic heterocycles. The van der Waals surface area contributed by atoms with Crippen LogP contribution in [0.5, 0.6) is 0 Å². The number of unbranched alkanes of at least 4 members (excludes halogenated alkanes) is 3. The van der Waals surface area contributed by atoms with Crippen molar-refractivity contribution in [1.29, 1.82) is 0 Å². The maximum atomic E-state index is 12.6. The fourth-order valence-corrected chi connectivity index (χ4v) is 2.53. The molecule has 0 bridgehead atoms. The average molecular weight is 363 g/mol. The van der Waals surface area contributed by atoms with Gasteiger partial charge in [-0.3, -0.25) is 0 Å². The van der Waals surface area contributed by atoms with Gasteiger partial charge in [0.25, 0.3) is 0 Å². The van der Waals surface area contributed by atoms with Crippen molar-refractivity contribution < 1.29 is 19.1 Å². The Morgan fingerprint density at radius 1 is 1.04 bits per heavy atom. The van der Waals surface area contributed by atoms with E-state index in [0.29, 0.717) is 0 Å². The second kappa shape index (κ2) is 10.8. The van der Waals surface area contributed by atoms with Crippen molar-refractivity contribution in [2.75, 3.05) is 0 Å². The van der Waals surface area contributed by atoms with Crippen LogP contribution in [0, 0.1) is 0 Å². The Kier molecular flexibility index (Phi) is 9.17. The van der Waals surface area contributed by atoms with Crippen LogP contribution >= 0.6 is 0 Å². The van der Waals surface area contributed by atoms with Crippen LogP contribution in [0.4, 0.5) is 9.59 Å². The minimum atomic E-state index is -0.670. The van der Waals surface area contributed by atoms with Crippen molar-refractivity contribution >= 4 is 12.2 Å². The van der Waals surface area contributed by atoms with Gasteiger partial charge >= 0.3 is 12.2 Å². The van der Waals surface area contributed by atoms with Gasteiger partial charge in [-0.15, -0.1) is 0 Å². The summed E-state index contributed by atoms with van der Waals surface area (Å²) in [7, 11) is 0. The van der Waals surface area contributed by atoms with Crippen molar-refractivity contribution in [2.45, 2.75) is 85.0 Å². The molecule has 1 aromatic rings. The lowest BCUT2D eigenvalue weighted by molar-refractivity contribution is 0.0128. The van der Waals surface area contributed by atoms with E-state index in [1.807, 2.05) is 37.3 Å². The monoisotopic (exact) mass is 363 g/mol. The van der Waals surface area contributed by atoms with Gasteiger partial charge in [0, 0.05) is 6.04 Å². The summed E-state index contributed by atoms with van der Waals surface area (Å²) < 4.78 is 10.8. The number of carbonyl (C=O) groups is 2. The topological polar surface area (TPSA) is 55.8 Å². The van der Waals surface area contributed by atoms with E-state index in [2.05, 4.69) is 6.92 Å². The lowest BCUT2D eigenvalue weighted by Gasteiger charge is -2.29. The Hall–Kier alpha value is -2.04. The molecule has 0 spiro atoms. The number of hydrogen-bond donors (Lipinski definition) is 0. The minimum absolute atomic E-state index is 0.127. The molecule has 146 valence electrons. The van der Waals surface area contributed by atoms with E-state index in [1.165, 1.54) is 0 Å². The van der Waals surface area contributed by atoms with Crippen LogP contribution in [0.15, 0.2) is 30.3 Å². The zero-order valence-electron chi connectivity index (χ0n) is 16.8. The molecule has 0 aromatic heterocycles. The van der Waals surface area contributed by atoms with Crippen LogP contribution in [0.2, 0.25) is 0 Å². The number of carbonyl (C=O) groups excluding carboxylic acids is 2. The van der Waals surface area contributed by atoms with E-state index >= 15 is 0 Å². The third-order valence-electron chi connectivity index (χ3n) is 3.91. The molecule has 0 radical (unpaired) electrons. The van der Waals surface area contributed by atoms with E-state index < -0.39 is 17.8 Å². The van der Waals surface area contributed by atoms with E-state index in [4.69, 9.17) is 9.47 Å². The predicted octanol–water partition coefficient (Wildman–Crippen LogP) is 5.92. The number of hydrogen-bond acceptors (Lipinski definition) is 4. The average Bonchev–Trinajstić information content (AvgIpc) is 2.56. The molecule has 0 saturated carbocycles. The molecule has 1 atom stereocenters. The normalized spacial score (nSPS) is 12.3. The van der Waals surface area contributed by atoms with Crippen LogP contribution < -0.4 is 0 Å². The molecule has 26 heavy (non-hydrogen) atoms. The van der Waals surface area contributed by atoms with E-state index in [1.54, 1.807) is 20.8 Å². The molecule has 2 amide bonds. The molecule has 5 heteroatoms. The molecular formula is C21H33NO4. The van der Waals surface area contributed by atoms with Crippen LogP contribution in [-0.2, 0) is 16.1 Å². The lowest BCUT2D eigenvalue weighted by atomic mass is 10.1. The molecule has 0 heterocycles. The fourth-order valence-electron chi connectivity index (χ4n) is 2.53. The maximum Gasteiger partial charge on any atom is 0.420 e. The van der Waals surface area contributed by atoms with E-state index in [0.717, 1.165) is 42.6 Å². The number of nitrogens with zero attached hydrogens (tertiary/aromatic N) is 1. The highest BCUT2D eigenvalue weighted by molar-refractivity contribution is 5.88. The summed E-state index contributed by atoms with van der Waals surface area (Å²) in [6.07, 6.45) is 3.76. The van der Waals surface area contributed by atoms with E-state index in [9.17, 15) is 9.59 Å². The largest absolute Gasteiger partial charge is 0.444 e. The van der Waals surface area contributed by atoms with Gasteiger partial charge in [0.05, 0.1) is 0 Å². The SMILES string of the molecule is CCCCCCC(C)N(C(=O)OCc1ccccc1)C(=O)OC(C)(C)C. The lowest BCUT2D eigenvalue weighted by Crippen LogP contribution is -2.46. The van der Waals surface area contributed by atoms with Gasteiger partial charge in [0.2, 0.25) is 0 Å². The van der Waals surface area contributed by atoms with Crippen molar-refractivity contribution in [3.8, 4) is 0 Å². The Balaban J connectivity index is 2.74. The molecular weight excluding hydrogens is 330 g/mol. The Morgan fingerprint density at radius 3 is 2.27 bits per heavy atom. The quantitative estimate of drug-likeness (QED) is 0.538. The van der Waals surface area contributed by atoms with Gasteiger partial charge in [0.15, 0.2) is 0 Å². The summed E-state index contributed by atoms with van der Waals surface area (Å²) in [6.45, 7) is 9.48. The maximum absolute atomic E-state index is 12.6. The van der Waals surface area contributed by atoms with Crippen molar-refractivity contribution in [2.24, 2.45) is 0 Å². The summed E-state index contributed by atoms with van der Waals surface area (Å²) in [5.41, 5.74) is 0.206. The first-order valence-electron chi connectivity index (χ1n) is 9.47. The number of rotatable bonds is 8. The molecule has 1 rings (SSSR count). The summed E-state index contributed by atoms with van der Waals surface area (Å²) in [4.78, 5) is 26.2. The van der Waals surface area contributed by atoms with Gasteiger partial charge in [-0.2, -0.15) is 0 Å². The fraction of sp³-hybridized carbons (Fsp3) is 0.619. The minimum Gasteiger partial charge on any atom is -0.444 e. The predicted molar refractivity (Wildman–Crippen MR) is 103 cm³/mol. The zero-order valence-corrected chi connectivity index (χ0v) is 16.8. The second-order valence-corrected chi connectivity index (χ2v) is 7.59.